The fraction of sp³-hybridized carbons (Fsp3) is 0.571. The number of carbonyl (C=O) groups excluding carboxylic acids is 1. The van der Waals surface area contributed by atoms with Crippen LogP contribution in [-0.2, 0) is 9.47 Å². The Kier molecular flexibility index (Phi) is 8.79. The van der Waals surface area contributed by atoms with Gasteiger partial charge < -0.3 is 24.0 Å². The van der Waals surface area contributed by atoms with Crippen molar-refractivity contribution in [3.63, 3.8) is 0 Å². The van der Waals surface area contributed by atoms with Crippen molar-refractivity contribution in [1.29, 1.82) is 0 Å². The number of hydrogen-bond acceptors (Lipinski definition) is 8. The summed E-state index contributed by atoms with van der Waals surface area (Å²) in [5.74, 6) is 0.959. The van der Waals surface area contributed by atoms with Crippen molar-refractivity contribution in [1.82, 2.24) is 24.6 Å². The normalized spacial score (nSPS) is 21.7. The van der Waals surface area contributed by atoms with E-state index >= 15 is 4.39 Å². The number of ether oxygens (including phenoxy) is 3. The summed E-state index contributed by atoms with van der Waals surface area (Å²) in [6, 6.07) is 6.17. The van der Waals surface area contributed by atoms with Crippen LogP contribution in [0.2, 0.25) is 0 Å². The Morgan fingerprint density at radius 1 is 1.12 bits per heavy atom. The SMILES string of the molecule is COc1nc(N2CCO[C@@H](C)C2)cc(-n2ncc3cc(C)c(C4CCN(C(=O)OC(C)(C)C)CC4F)cc32)n1.S. The standard InChI is InChI=1S/C28H37FN6O4.H2S/c1-17-11-19-14-30-35(25-13-24(31-26(32-25)37-6)33-9-10-38-18(2)15-33)23(19)12-21(17)20-7-8-34(16-22(20)29)27(36)39-28(3,4)5;/h11-14,18,20,22H,7-10,15-16H2,1-6H3;1H2/t18-,20?,22?;/m0./s1. The maximum absolute atomic E-state index is 15.6. The van der Waals surface area contributed by atoms with Crippen molar-refractivity contribution >= 4 is 36.3 Å². The van der Waals surface area contributed by atoms with Gasteiger partial charge in [-0.25, -0.2) is 13.9 Å². The van der Waals surface area contributed by atoms with Gasteiger partial charge in [-0.15, -0.1) is 0 Å². The average molecular weight is 575 g/mol. The number of halogens is 1. The van der Waals surface area contributed by atoms with Gasteiger partial charge in [-0.1, -0.05) is 0 Å². The molecule has 1 aromatic carbocycles. The molecule has 2 aromatic heterocycles. The number of carbonyl (C=O) groups is 1. The van der Waals surface area contributed by atoms with E-state index in [4.69, 9.17) is 14.2 Å². The number of hydrogen-bond donors (Lipinski definition) is 0. The van der Waals surface area contributed by atoms with E-state index in [0.29, 0.717) is 38.5 Å². The monoisotopic (exact) mass is 574 g/mol. The second kappa shape index (κ2) is 11.8. The van der Waals surface area contributed by atoms with Crippen LogP contribution in [0.25, 0.3) is 16.7 Å². The summed E-state index contributed by atoms with van der Waals surface area (Å²) in [4.78, 5) is 25.3. The largest absolute Gasteiger partial charge is 0.467 e. The van der Waals surface area contributed by atoms with Crippen molar-refractivity contribution < 1.29 is 23.4 Å². The lowest BCUT2D eigenvalue weighted by Crippen LogP contribution is -2.46. The number of anilines is 1. The number of nitrogens with zero attached hydrogens (tertiary/aromatic N) is 6. The second-order valence-corrected chi connectivity index (χ2v) is 11.4. The van der Waals surface area contributed by atoms with Gasteiger partial charge in [0.05, 0.1) is 38.1 Å². The van der Waals surface area contributed by atoms with Crippen LogP contribution in [0, 0.1) is 6.92 Å². The third kappa shape index (κ3) is 6.27. The number of fused-ring (bicyclic) bond motifs is 1. The summed E-state index contributed by atoms with van der Waals surface area (Å²) in [5.41, 5.74) is 2.09. The van der Waals surface area contributed by atoms with E-state index in [9.17, 15) is 4.79 Å². The molecule has 2 fully saturated rings. The number of methoxy groups -OCH3 is 1. The molecule has 1 amide bonds. The predicted molar refractivity (Wildman–Crippen MR) is 156 cm³/mol. The summed E-state index contributed by atoms with van der Waals surface area (Å²) < 4.78 is 33.9. The molecular weight excluding hydrogens is 535 g/mol. The lowest BCUT2D eigenvalue weighted by Gasteiger charge is -2.36. The van der Waals surface area contributed by atoms with Gasteiger partial charge in [-0.3, -0.25) is 0 Å². The van der Waals surface area contributed by atoms with Crippen LogP contribution >= 0.6 is 13.5 Å². The van der Waals surface area contributed by atoms with E-state index in [1.54, 1.807) is 18.0 Å². The predicted octanol–water partition coefficient (Wildman–Crippen LogP) is 4.53. The van der Waals surface area contributed by atoms with Gasteiger partial charge in [0.1, 0.15) is 17.6 Å². The fourth-order valence-electron chi connectivity index (χ4n) is 5.32. The molecule has 5 rings (SSSR count). The van der Waals surface area contributed by atoms with Gasteiger partial charge in [-0.2, -0.15) is 28.6 Å². The molecule has 3 atom stereocenters. The topological polar surface area (TPSA) is 94.8 Å². The van der Waals surface area contributed by atoms with E-state index < -0.39 is 17.9 Å². The first-order valence-electron chi connectivity index (χ1n) is 13.4. The third-order valence-electron chi connectivity index (χ3n) is 7.19. The number of likely N-dealkylation sites (tertiary alicyclic amines) is 1. The molecule has 10 nitrogen and oxygen atoms in total. The van der Waals surface area contributed by atoms with E-state index in [1.165, 1.54) is 4.90 Å². The second-order valence-electron chi connectivity index (χ2n) is 11.4. The molecule has 2 saturated heterocycles. The van der Waals surface area contributed by atoms with Gasteiger partial charge in [0.2, 0.25) is 0 Å². The first kappa shape index (κ1) is 29.9. The number of morpholine rings is 1. The van der Waals surface area contributed by atoms with Crippen LogP contribution in [0.4, 0.5) is 15.0 Å². The van der Waals surface area contributed by atoms with E-state index in [0.717, 1.165) is 27.8 Å². The maximum atomic E-state index is 15.6. The third-order valence-corrected chi connectivity index (χ3v) is 7.19. The molecular formula is C28H39FN6O4S. The Morgan fingerprint density at radius 2 is 1.88 bits per heavy atom. The summed E-state index contributed by atoms with van der Waals surface area (Å²) in [6.45, 7) is 11.9. The molecule has 0 aliphatic carbocycles. The fourth-order valence-corrected chi connectivity index (χ4v) is 5.32. The van der Waals surface area contributed by atoms with Crippen LogP contribution in [-0.4, -0.2) is 88.5 Å². The van der Waals surface area contributed by atoms with Gasteiger partial charge >= 0.3 is 12.1 Å². The lowest BCUT2D eigenvalue weighted by atomic mass is 9.85. The first-order chi connectivity index (χ1) is 18.5. The minimum Gasteiger partial charge on any atom is -0.467 e. The molecule has 218 valence electrons. The van der Waals surface area contributed by atoms with Gasteiger partial charge in [0.25, 0.3) is 0 Å². The molecule has 40 heavy (non-hydrogen) atoms. The molecule has 2 aliphatic heterocycles. The molecule has 0 N–H and O–H groups in total. The Morgan fingerprint density at radius 3 is 2.55 bits per heavy atom. The summed E-state index contributed by atoms with van der Waals surface area (Å²) >= 11 is 0. The van der Waals surface area contributed by atoms with Gasteiger partial charge in [-0.05, 0) is 64.3 Å². The zero-order valence-electron chi connectivity index (χ0n) is 24.0. The van der Waals surface area contributed by atoms with Crippen molar-refractivity contribution in [3.05, 3.63) is 35.5 Å². The highest BCUT2D eigenvalue weighted by atomic mass is 32.1. The molecule has 2 aliphatic rings. The minimum absolute atomic E-state index is 0. The Balaban J connectivity index is 0.00000370. The molecule has 3 aromatic rings. The Hall–Kier alpha value is -3.12. The number of amides is 1. The van der Waals surface area contributed by atoms with Crippen LogP contribution in [0.1, 0.15) is 51.2 Å². The summed E-state index contributed by atoms with van der Waals surface area (Å²) in [5, 5.41) is 5.55. The number of rotatable bonds is 4. The van der Waals surface area contributed by atoms with Crippen LogP contribution in [0.3, 0.4) is 0 Å². The van der Waals surface area contributed by atoms with Crippen molar-refractivity contribution in [3.8, 4) is 11.8 Å². The minimum atomic E-state index is -1.21. The highest BCUT2D eigenvalue weighted by Gasteiger charge is 2.35. The summed E-state index contributed by atoms with van der Waals surface area (Å²) in [6.07, 6.45) is 0.691. The Bertz CT molecular complexity index is 1360. The van der Waals surface area contributed by atoms with Crippen LogP contribution in [0.5, 0.6) is 6.01 Å². The van der Waals surface area contributed by atoms with Crippen molar-refractivity contribution in [2.24, 2.45) is 0 Å². The Labute approximate surface area is 241 Å². The van der Waals surface area contributed by atoms with E-state index in [-0.39, 0.29) is 38.1 Å². The highest BCUT2D eigenvalue weighted by Crippen LogP contribution is 2.36. The molecule has 0 bridgehead atoms. The van der Waals surface area contributed by atoms with Gasteiger partial charge in [0, 0.05) is 37.0 Å². The molecule has 12 heteroatoms. The average Bonchev–Trinajstić information content (AvgIpc) is 3.29. The molecule has 0 radical (unpaired) electrons. The van der Waals surface area contributed by atoms with Crippen molar-refractivity contribution in [2.75, 3.05) is 44.8 Å². The van der Waals surface area contributed by atoms with Crippen LogP contribution < -0.4 is 9.64 Å². The first-order valence-corrected chi connectivity index (χ1v) is 13.4. The molecule has 2 unspecified atom stereocenters. The number of alkyl halides is 1. The van der Waals surface area contributed by atoms with Crippen LogP contribution in [0.15, 0.2) is 24.4 Å². The molecule has 0 spiro atoms. The molecule has 4 heterocycles. The lowest BCUT2D eigenvalue weighted by molar-refractivity contribution is 0.0111. The number of aromatic nitrogens is 4. The van der Waals surface area contributed by atoms with Crippen molar-refractivity contribution in [2.45, 2.75) is 64.8 Å². The smallest absolute Gasteiger partial charge is 0.410 e. The van der Waals surface area contributed by atoms with Gasteiger partial charge in [0.15, 0.2) is 5.82 Å². The van der Waals surface area contributed by atoms with E-state index in [2.05, 4.69) is 20.0 Å². The zero-order valence-corrected chi connectivity index (χ0v) is 25.0. The quantitative estimate of drug-likeness (QED) is 0.449. The number of aryl methyl sites for hydroxylation is 1. The highest BCUT2D eigenvalue weighted by molar-refractivity contribution is 7.59. The molecule has 0 saturated carbocycles. The zero-order chi connectivity index (χ0) is 27.9. The number of piperidine rings is 1. The maximum Gasteiger partial charge on any atom is 0.410 e. The number of benzene rings is 1. The summed E-state index contributed by atoms with van der Waals surface area (Å²) in [7, 11) is 1.54. The van der Waals surface area contributed by atoms with E-state index in [1.807, 2.05) is 52.8 Å².